The number of carbonyl (C=O) groups excluding carboxylic acids is 1. The largest absolute Gasteiger partial charge is 0.478 e. The molecule has 0 aliphatic carbocycles. The normalized spacial score (nSPS) is 10.3. The second-order valence-electron chi connectivity index (χ2n) is 4.83. The Morgan fingerprint density at radius 2 is 1.78 bits per heavy atom. The smallest absolute Gasteiger partial charge is 0.337 e. The number of anilines is 1. The first-order valence-electron chi connectivity index (χ1n) is 6.87. The Balaban J connectivity index is 1.87. The van der Waals surface area contributed by atoms with Crippen molar-refractivity contribution in [3.05, 3.63) is 78.4 Å². The number of carboxylic acid groups (broad SMARTS) is 1. The monoisotopic (exact) mass is 307 g/mol. The zero-order valence-electron chi connectivity index (χ0n) is 12.0. The van der Waals surface area contributed by atoms with E-state index in [4.69, 9.17) is 5.11 Å². The number of nitrogens with zero attached hydrogens (tertiary/aromatic N) is 2. The van der Waals surface area contributed by atoms with Gasteiger partial charge in [-0.25, -0.2) is 4.79 Å². The van der Waals surface area contributed by atoms with E-state index in [9.17, 15) is 9.59 Å². The summed E-state index contributed by atoms with van der Waals surface area (Å²) in [5.74, 6) is -1.51. The summed E-state index contributed by atoms with van der Waals surface area (Å²) in [6.45, 7) is 0. The van der Waals surface area contributed by atoms with Crippen molar-refractivity contribution in [2.75, 3.05) is 5.32 Å². The van der Waals surface area contributed by atoms with Gasteiger partial charge in [0.05, 0.1) is 28.7 Å². The molecule has 2 N–H and O–H groups in total. The zero-order chi connectivity index (χ0) is 16.2. The summed E-state index contributed by atoms with van der Waals surface area (Å²) in [5, 5.41) is 11.8. The van der Waals surface area contributed by atoms with Gasteiger partial charge >= 0.3 is 5.97 Å². The number of nitrogens with one attached hydrogen (secondary N) is 1. The molecule has 3 aromatic rings. The molecule has 6 heteroatoms. The first kappa shape index (κ1) is 14.5. The molecule has 3 rings (SSSR count). The van der Waals surface area contributed by atoms with Gasteiger partial charge in [-0.3, -0.25) is 9.78 Å². The maximum absolute atomic E-state index is 12.4. The minimum Gasteiger partial charge on any atom is -0.478 e. The number of aromatic carboxylic acids is 1. The van der Waals surface area contributed by atoms with Gasteiger partial charge in [-0.1, -0.05) is 12.1 Å². The van der Waals surface area contributed by atoms with Gasteiger partial charge in [0.15, 0.2) is 0 Å². The van der Waals surface area contributed by atoms with E-state index in [1.54, 1.807) is 30.5 Å². The molecule has 6 nitrogen and oxygen atoms in total. The highest BCUT2D eigenvalue weighted by atomic mass is 16.4. The lowest BCUT2D eigenvalue weighted by Crippen LogP contribution is -2.15. The van der Waals surface area contributed by atoms with Crippen molar-refractivity contribution in [2.24, 2.45) is 0 Å². The fourth-order valence-electron chi connectivity index (χ4n) is 2.17. The summed E-state index contributed by atoms with van der Waals surface area (Å²) in [7, 11) is 0. The van der Waals surface area contributed by atoms with E-state index in [-0.39, 0.29) is 11.3 Å². The standard InChI is InChI=1S/C17H13N3O3/c21-16(19-15-6-2-1-5-14(15)17(22)23)12-9-13(11-18-10-12)20-7-3-4-8-20/h1-11H,(H,19,21)(H,22,23). The number of benzene rings is 1. The molecular formula is C17H13N3O3. The Hall–Kier alpha value is -3.41. The maximum Gasteiger partial charge on any atom is 0.337 e. The molecule has 114 valence electrons. The molecule has 23 heavy (non-hydrogen) atoms. The predicted octanol–water partition coefficient (Wildman–Crippen LogP) is 2.82. The molecule has 0 saturated heterocycles. The number of hydrogen-bond acceptors (Lipinski definition) is 3. The number of hydrogen-bond donors (Lipinski definition) is 2. The summed E-state index contributed by atoms with van der Waals surface area (Å²) >= 11 is 0. The second kappa shape index (κ2) is 6.15. The van der Waals surface area contributed by atoms with Crippen molar-refractivity contribution in [3.8, 4) is 5.69 Å². The minimum absolute atomic E-state index is 0.0374. The van der Waals surface area contributed by atoms with Gasteiger partial charge in [0.2, 0.25) is 0 Å². The Morgan fingerprint density at radius 1 is 1.04 bits per heavy atom. The van der Waals surface area contributed by atoms with Gasteiger partial charge in [-0.15, -0.1) is 0 Å². The summed E-state index contributed by atoms with van der Waals surface area (Å²) in [6.07, 6.45) is 6.77. The van der Waals surface area contributed by atoms with Crippen molar-refractivity contribution in [2.45, 2.75) is 0 Å². The Bertz CT molecular complexity index is 857. The third kappa shape index (κ3) is 3.11. The number of rotatable bonds is 4. The number of pyridine rings is 1. The quantitative estimate of drug-likeness (QED) is 0.776. The Labute approximate surface area is 132 Å². The van der Waals surface area contributed by atoms with Crippen LogP contribution in [0.3, 0.4) is 0 Å². The van der Waals surface area contributed by atoms with E-state index in [0.717, 1.165) is 5.69 Å². The van der Waals surface area contributed by atoms with Gasteiger partial charge in [-0.05, 0) is 30.3 Å². The van der Waals surface area contributed by atoms with E-state index in [1.807, 2.05) is 29.1 Å². The van der Waals surface area contributed by atoms with Crippen LogP contribution >= 0.6 is 0 Å². The first-order valence-corrected chi connectivity index (χ1v) is 6.87. The predicted molar refractivity (Wildman–Crippen MR) is 84.9 cm³/mol. The first-order chi connectivity index (χ1) is 11.1. The lowest BCUT2D eigenvalue weighted by Gasteiger charge is -2.09. The molecule has 1 amide bonds. The van der Waals surface area contributed by atoms with Gasteiger partial charge < -0.3 is 15.0 Å². The zero-order valence-corrected chi connectivity index (χ0v) is 12.0. The second-order valence-corrected chi connectivity index (χ2v) is 4.83. The number of para-hydroxylation sites is 1. The van der Waals surface area contributed by atoms with Crippen LogP contribution in [-0.4, -0.2) is 26.5 Å². The average molecular weight is 307 g/mol. The Kier molecular flexibility index (Phi) is 3.88. The molecule has 0 atom stereocenters. The molecule has 0 fully saturated rings. The fraction of sp³-hybridized carbons (Fsp3) is 0. The highest BCUT2D eigenvalue weighted by Crippen LogP contribution is 2.17. The van der Waals surface area contributed by atoms with Crippen LogP contribution in [0.1, 0.15) is 20.7 Å². The SMILES string of the molecule is O=C(Nc1ccccc1C(=O)O)c1cncc(-n2cccc2)c1. The number of carboxylic acids is 1. The molecule has 0 aliphatic rings. The van der Waals surface area contributed by atoms with Crippen molar-refractivity contribution in [1.82, 2.24) is 9.55 Å². The third-order valence-electron chi connectivity index (χ3n) is 3.29. The van der Waals surface area contributed by atoms with Crippen LogP contribution < -0.4 is 5.32 Å². The van der Waals surface area contributed by atoms with E-state index in [0.29, 0.717) is 5.56 Å². The minimum atomic E-state index is -1.10. The highest BCUT2D eigenvalue weighted by molar-refractivity contribution is 6.07. The van der Waals surface area contributed by atoms with Gasteiger partial charge in [0, 0.05) is 18.6 Å². The van der Waals surface area contributed by atoms with Crippen LogP contribution in [0.25, 0.3) is 5.69 Å². The third-order valence-corrected chi connectivity index (χ3v) is 3.29. The van der Waals surface area contributed by atoms with Crippen molar-refractivity contribution < 1.29 is 14.7 Å². The molecule has 1 aromatic carbocycles. The van der Waals surface area contributed by atoms with Crippen LogP contribution in [0.15, 0.2) is 67.3 Å². The highest BCUT2D eigenvalue weighted by Gasteiger charge is 2.13. The fourth-order valence-corrected chi connectivity index (χ4v) is 2.17. The van der Waals surface area contributed by atoms with E-state index in [1.165, 1.54) is 12.3 Å². The molecule has 2 aromatic heterocycles. The van der Waals surface area contributed by atoms with Gasteiger partial charge in [0.25, 0.3) is 5.91 Å². The summed E-state index contributed by atoms with van der Waals surface area (Å²) in [5.41, 5.74) is 1.37. The average Bonchev–Trinajstić information content (AvgIpc) is 3.10. The van der Waals surface area contributed by atoms with Crippen LogP contribution in [0.5, 0.6) is 0 Å². The molecule has 0 unspecified atom stereocenters. The van der Waals surface area contributed by atoms with E-state index < -0.39 is 11.9 Å². The molecule has 0 bridgehead atoms. The summed E-state index contributed by atoms with van der Waals surface area (Å²) in [4.78, 5) is 27.6. The van der Waals surface area contributed by atoms with Crippen LogP contribution in [0.4, 0.5) is 5.69 Å². The lowest BCUT2D eigenvalue weighted by atomic mass is 10.1. The molecule has 0 spiro atoms. The molecular weight excluding hydrogens is 294 g/mol. The molecule has 2 heterocycles. The van der Waals surface area contributed by atoms with Crippen molar-refractivity contribution >= 4 is 17.6 Å². The van der Waals surface area contributed by atoms with E-state index >= 15 is 0 Å². The van der Waals surface area contributed by atoms with Crippen molar-refractivity contribution in [1.29, 1.82) is 0 Å². The van der Waals surface area contributed by atoms with Gasteiger partial charge in [0.1, 0.15) is 0 Å². The lowest BCUT2D eigenvalue weighted by molar-refractivity contribution is 0.0698. The molecule has 0 radical (unpaired) electrons. The van der Waals surface area contributed by atoms with E-state index in [2.05, 4.69) is 10.3 Å². The molecule has 0 aliphatic heterocycles. The van der Waals surface area contributed by atoms with Crippen LogP contribution in [0, 0.1) is 0 Å². The Morgan fingerprint density at radius 3 is 2.52 bits per heavy atom. The number of amides is 1. The number of carbonyl (C=O) groups is 2. The van der Waals surface area contributed by atoms with Crippen LogP contribution in [0.2, 0.25) is 0 Å². The summed E-state index contributed by atoms with van der Waals surface area (Å²) in [6, 6.07) is 11.7. The van der Waals surface area contributed by atoms with Crippen LogP contribution in [-0.2, 0) is 0 Å². The van der Waals surface area contributed by atoms with Crippen molar-refractivity contribution in [3.63, 3.8) is 0 Å². The summed E-state index contributed by atoms with van der Waals surface area (Å²) < 4.78 is 1.83. The molecule has 0 saturated carbocycles. The topological polar surface area (TPSA) is 84.2 Å². The number of aromatic nitrogens is 2. The maximum atomic E-state index is 12.4. The van der Waals surface area contributed by atoms with Gasteiger partial charge in [-0.2, -0.15) is 0 Å².